The Morgan fingerprint density at radius 2 is 1.81 bits per heavy atom. The van der Waals surface area contributed by atoms with Gasteiger partial charge in [0.05, 0.1) is 12.7 Å². The Hall–Kier alpha value is -3.74. The lowest BCUT2D eigenvalue weighted by molar-refractivity contribution is 0.0603. The van der Waals surface area contributed by atoms with Crippen molar-refractivity contribution in [3.8, 4) is 22.8 Å². The number of benzene rings is 2. The molecule has 130 valence electrons. The summed E-state index contributed by atoms with van der Waals surface area (Å²) in [5.41, 5.74) is 0.417. The van der Waals surface area contributed by atoms with Crippen LogP contribution in [0.4, 0.5) is 0 Å². The van der Waals surface area contributed by atoms with Crippen molar-refractivity contribution in [3.63, 3.8) is 0 Å². The monoisotopic (exact) mass is 352 g/mol. The van der Waals surface area contributed by atoms with E-state index in [2.05, 4.69) is 0 Å². The molecule has 0 aliphatic heterocycles. The average Bonchev–Trinajstić information content (AvgIpc) is 2.97. The Morgan fingerprint density at radius 3 is 2.54 bits per heavy atom. The normalized spacial score (nSPS) is 11.1. The molecule has 4 aromatic rings. The van der Waals surface area contributed by atoms with Gasteiger partial charge >= 0.3 is 11.6 Å². The SMILES string of the molecule is COC(=O)c1c(-c2ccc(O)cc2O)oc2cc3oc(=O)ccc3cc12. The number of phenols is 2. The molecule has 4 rings (SSSR count). The second kappa shape index (κ2) is 5.66. The van der Waals surface area contributed by atoms with E-state index < -0.39 is 11.6 Å². The van der Waals surface area contributed by atoms with Gasteiger partial charge in [-0.3, -0.25) is 0 Å². The summed E-state index contributed by atoms with van der Waals surface area (Å²) >= 11 is 0. The molecular weight excluding hydrogens is 340 g/mol. The number of furan rings is 1. The molecule has 7 heteroatoms. The number of carbonyl (C=O) groups excluding carboxylic acids is 1. The van der Waals surface area contributed by atoms with Gasteiger partial charge in [-0.2, -0.15) is 0 Å². The van der Waals surface area contributed by atoms with Crippen LogP contribution >= 0.6 is 0 Å². The summed E-state index contributed by atoms with van der Waals surface area (Å²) in [6.07, 6.45) is 0. The Morgan fingerprint density at radius 1 is 1.00 bits per heavy atom. The largest absolute Gasteiger partial charge is 0.508 e. The number of esters is 1. The second-order valence-electron chi connectivity index (χ2n) is 5.64. The van der Waals surface area contributed by atoms with Crippen molar-refractivity contribution in [2.75, 3.05) is 7.11 Å². The summed E-state index contributed by atoms with van der Waals surface area (Å²) in [6, 6.07) is 9.92. The fourth-order valence-corrected chi connectivity index (χ4v) is 2.87. The topological polar surface area (TPSA) is 110 Å². The minimum absolute atomic E-state index is 0.0852. The maximum Gasteiger partial charge on any atom is 0.342 e. The van der Waals surface area contributed by atoms with E-state index in [1.165, 1.54) is 31.4 Å². The Balaban J connectivity index is 2.10. The summed E-state index contributed by atoms with van der Waals surface area (Å²) in [5.74, 6) is -0.954. The van der Waals surface area contributed by atoms with Crippen LogP contribution in [0.2, 0.25) is 0 Å². The van der Waals surface area contributed by atoms with Crippen LogP contribution in [-0.4, -0.2) is 23.3 Å². The van der Waals surface area contributed by atoms with Crippen molar-refractivity contribution in [1.29, 1.82) is 0 Å². The van der Waals surface area contributed by atoms with Crippen molar-refractivity contribution in [1.82, 2.24) is 0 Å². The van der Waals surface area contributed by atoms with Crippen molar-refractivity contribution in [3.05, 3.63) is 58.4 Å². The molecule has 0 bridgehead atoms. The zero-order valence-electron chi connectivity index (χ0n) is 13.5. The zero-order chi connectivity index (χ0) is 18.4. The molecule has 2 heterocycles. The predicted octanol–water partition coefficient (Wildman–Crippen LogP) is 3.40. The molecule has 0 amide bonds. The van der Waals surface area contributed by atoms with Crippen LogP contribution in [0.25, 0.3) is 33.3 Å². The lowest BCUT2D eigenvalue weighted by Crippen LogP contribution is -2.02. The van der Waals surface area contributed by atoms with Gasteiger partial charge in [0.2, 0.25) is 0 Å². The molecule has 0 spiro atoms. The molecule has 7 nitrogen and oxygen atoms in total. The third-order valence-electron chi connectivity index (χ3n) is 4.05. The number of ether oxygens (including phenoxy) is 1. The first-order valence-electron chi connectivity index (χ1n) is 7.59. The van der Waals surface area contributed by atoms with E-state index >= 15 is 0 Å². The van der Waals surface area contributed by atoms with E-state index in [9.17, 15) is 19.8 Å². The van der Waals surface area contributed by atoms with Crippen LogP contribution in [0, 0.1) is 0 Å². The van der Waals surface area contributed by atoms with Crippen molar-refractivity contribution < 1.29 is 28.6 Å². The maximum absolute atomic E-state index is 12.4. The fraction of sp³-hybridized carbons (Fsp3) is 0.0526. The molecule has 0 saturated carbocycles. The minimum Gasteiger partial charge on any atom is -0.508 e. The quantitative estimate of drug-likeness (QED) is 0.420. The third-order valence-corrected chi connectivity index (χ3v) is 4.05. The van der Waals surface area contributed by atoms with Gasteiger partial charge in [0.1, 0.15) is 28.2 Å². The molecule has 0 aliphatic carbocycles. The molecule has 0 aliphatic rings. The molecule has 0 atom stereocenters. The molecule has 0 fully saturated rings. The van der Waals surface area contributed by atoms with Crippen LogP contribution < -0.4 is 5.63 Å². The van der Waals surface area contributed by atoms with Gasteiger partial charge in [0.25, 0.3) is 0 Å². The van der Waals surface area contributed by atoms with Gasteiger partial charge in [-0.25, -0.2) is 9.59 Å². The summed E-state index contributed by atoms with van der Waals surface area (Å²) in [4.78, 5) is 23.8. The van der Waals surface area contributed by atoms with E-state index in [0.717, 1.165) is 6.07 Å². The summed E-state index contributed by atoms with van der Waals surface area (Å²) in [6.45, 7) is 0. The summed E-state index contributed by atoms with van der Waals surface area (Å²) in [7, 11) is 1.24. The molecular formula is C19H12O7. The lowest BCUT2D eigenvalue weighted by atomic mass is 10.0. The highest BCUT2D eigenvalue weighted by atomic mass is 16.5. The van der Waals surface area contributed by atoms with E-state index in [-0.39, 0.29) is 34.0 Å². The van der Waals surface area contributed by atoms with Gasteiger partial charge in [-0.15, -0.1) is 0 Å². The van der Waals surface area contributed by atoms with E-state index in [0.29, 0.717) is 16.4 Å². The molecule has 2 aromatic heterocycles. The fourth-order valence-electron chi connectivity index (χ4n) is 2.87. The van der Waals surface area contributed by atoms with Crippen LogP contribution in [0.3, 0.4) is 0 Å². The Kier molecular flexibility index (Phi) is 3.43. The van der Waals surface area contributed by atoms with Crippen molar-refractivity contribution in [2.45, 2.75) is 0 Å². The zero-order valence-corrected chi connectivity index (χ0v) is 13.5. The first kappa shape index (κ1) is 15.8. The van der Waals surface area contributed by atoms with E-state index in [4.69, 9.17) is 13.6 Å². The van der Waals surface area contributed by atoms with Gasteiger partial charge in [0, 0.05) is 29.0 Å². The smallest absolute Gasteiger partial charge is 0.342 e. The van der Waals surface area contributed by atoms with Gasteiger partial charge < -0.3 is 23.8 Å². The minimum atomic E-state index is -0.650. The number of hydrogen-bond donors (Lipinski definition) is 2. The van der Waals surface area contributed by atoms with Crippen LogP contribution in [0.1, 0.15) is 10.4 Å². The molecule has 0 unspecified atom stereocenters. The van der Waals surface area contributed by atoms with Gasteiger partial charge in [0.15, 0.2) is 5.76 Å². The Labute approximate surface area is 145 Å². The van der Waals surface area contributed by atoms with Gasteiger partial charge in [-0.05, 0) is 24.3 Å². The highest BCUT2D eigenvalue weighted by Crippen LogP contribution is 2.40. The third kappa shape index (κ3) is 2.37. The number of hydrogen-bond acceptors (Lipinski definition) is 7. The molecule has 2 N–H and O–H groups in total. The molecule has 26 heavy (non-hydrogen) atoms. The number of phenolic OH excluding ortho intramolecular Hbond substituents is 2. The standard InChI is InChI=1S/C19H12O7/c1-24-19(23)17-12-6-9-2-5-16(22)25-14(9)8-15(12)26-18(17)11-4-3-10(20)7-13(11)21/h2-8,20-21H,1H3. The summed E-state index contributed by atoms with van der Waals surface area (Å²) in [5, 5.41) is 20.7. The first-order chi connectivity index (χ1) is 12.5. The average molecular weight is 352 g/mol. The second-order valence-corrected chi connectivity index (χ2v) is 5.64. The van der Waals surface area contributed by atoms with Gasteiger partial charge in [-0.1, -0.05) is 0 Å². The van der Waals surface area contributed by atoms with E-state index in [1.807, 2.05) is 0 Å². The number of carbonyl (C=O) groups is 1. The number of aromatic hydroxyl groups is 2. The number of rotatable bonds is 2. The van der Waals surface area contributed by atoms with Crippen LogP contribution in [-0.2, 0) is 4.74 Å². The lowest BCUT2D eigenvalue weighted by Gasteiger charge is -2.04. The van der Waals surface area contributed by atoms with Crippen LogP contribution in [0.15, 0.2) is 56.1 Å². The number of methoxy groups -OCH3 is 1. The predicted molar refractivity (Wildman–Crippen MR) is 92.4 cm³/mol. The highest BCUT2D eigenvalue weighted by Gasteiger charge is 2.25. The van der Waals surface area contributed by atoms with Crippen LogP contribution in [0.5, 0.6) is 11.5 Å². The molecule has 0 radical (unpaired) electrons. The first-order valence-corrected chi connectivity index (χ1v) is 7.59. The highest BCUT2D eigenvalue weighted by molar-refractivity contribution is 6.11. The van der Waals surface area contributed by atoms with Crippen molar-refractivity contribution in [2.24, 2.45) is 0 Å². The molecule has 2 aromatic carbocycles. The maximum atomic E-state index is 12.4. The Bertz CT molecular complexity index is 1230. The molecule has 0 saturated heterocycles. The summed E-state index contributed by atoms with van der Waals surface area (Å²) < 4.78 is 15.8. The van der Waals surface area contributed by atoms with E-state index in [1.54, 1.807) is 12.1 Å². The van der Waals surface area contributed by atoms with Crippen molar-refractivity contribution >= 4 is 27.9 Å². The number of fused-ring (bicyclic) bond motifs is 2.